The maximum atomic E-state index is 11.2. The van der Waals surface area contributed by atoms with E-state index in [1.165, 1.54) is 63.1 Å². The predicted molar refractivity (Wildman–Crippen MR) is 111 cm³/mol. The van der Waals surface area contributed by atoms with Crippen LogP contribution < -0.4 is 4.74 Å². The van der Waals surface area contributed by atoms with Crippen LogP contribution in [-0.2, 0) is 16.5 Å². The van der Waals surface area contributed by atoms with Crippen LogP contribution in [0.3, 0.4) is 0 Å². The number of hydrogen-bond donors (Lipinski definition) is 2. The molecule has 0 aliphatic rings. The Morgan fingerprint density at radius 1 is 0.893 bits per heavy atom. The van der Waals surface area contributed by atoms with Crippen LogP contribution in [0.2, 0.25) is 0 Å². The van der Waals surface area contributed by atoms with Gasteiger partial charge in [-0.15, -0.1) is 0 Å². The van der Waals surface area contributed by atoms with E-state index in [0.717, 1.165) is 18.4 Å². The number of benzene rings is 2. The Morgan fingerprint density at radius 3 is 2.21 bits per heavy atom. The van der Waals surface area contributed by atoms with Crippen molar-refractivity contribution in [1.29, 1.82) is 0 Å². The fraction of sp³-hybridized carbons (Fsp3) is 0.455. The maximum absolute atomic E-state index is 11.2. The highest BCUT2D eigenvalue weighted by molar-refractivity contribution is 7.85. The van der Waals surface area contributed by atoms with Gasteiger partial charge in [-0.1, -0.05) is 64.0 Å². The molecule has 0 spiro atoms. The van der Waals surface area contributed by atoms with Crippen molar-refractivity contribution in [3.05, 3.63) is 48.0 Å². The molecule has 0 fully saturated rings. The molecule has 0 amide bonds. The molecular formula is C22H30O5S. The molecule has 0 bridgehead atoms. The van der Waals surface area contributed by atoms with Gasteiger partial charge in [0.25, 0.3) is 10.1 Å². The molecule has 0 saturated carbocycles. The molecule has 154 valence electrons. The Labute approximate surface area is 168 Å². The third kappa shape index (κ3) is 7.52. The van der Waals surface area contributed by atoms with Gasteiger partial charge in [-0.05, 0) is 42.7 Å². The summed E-state index contributed by atoms with van der Waals surface area (Å²) < 4.78 is 37.1. The van der Waals surface area contributed by atoms with E-state index in [2.05, 4.69) is 6.92 Å². The Balaban J connectivity index is 1.84. The first kappa shape index (κ1) is 22.2. The summed E-state index contributed by atoms with van der Waals surface area (Å²) >= 11 is 0. The highest BCUT2D eigenvalue weighted by Crippen LogP contribution is 2.32. The number of hydrogen-bond acceptors (Lipinski definition) is 4. The van der Waals surface area contributed by atoms with Gasteiger partial charge < -0.3 is 9.84 Å². The molecule has 0 aromatic heterocycles. The molecule has 2 aromatic rings. The van der Waals surface area contributed by atoms with Crippen molar-refractivity contribution in [1.82, 2.24) is 0 Å². The first-order valence-corrected chi connectivity index (χ1v) is 11.4. The van der Waals surface area contributed by atoms with Crippen LogP contribution in [0.5, 0.6) is 17.2 Å². The fourth-order valence-corrected chi connectivity index (χ4v) is 3.61. The summed E-state index contributed by atoms with van der Waals surface area (Å²) in [5.74, 6) is 0.475. The Hall–Kier alpha value is -2.05. The zero-order chi connectivity index (χ0) is 20.4. The summed E-state index contributed by atoms with van der Waals surface area (Å²) in [6.45, 7) is 2.22. The first-order valence-electron chi connectivity index (χ1n) is 9.97. The molecule has 2 N–H and O–H groups in total. The number of aryl methyl sites for hydroxylation is 1. The van der Waals surface area contributed by atoms with Crippen LogP contribution in [0.15, 0.2) is 47.4 Å². The molecule has 0 unspecified atom stereocenters. The molecule has 2 rings (SSSR count). The number of aromatic hydroxyl groups is 1. The average molecular weight is 407 g/mol. The molecule has 6 heteroatoms. The van der Waals surface area contributed by atoms with E-state index in [4.69, 9.17) is 9.29 Å². The van der Waals surface area contributed by atoms with Gasteiger partial charge in [0.05, 0.1) is 4.90 Å². The third-order valence-corrected chi connectivity index (χ3v) is 5.52. The van der Waals surface area contributed by atoms with E-state index in [0.29, 0.717) is 0 Å². The van der Waals surface area contributed by atoms with Gasteiger partial charge in [0, 0.05) is 6.07 Å². The second kappa shape index (κ2) is 11.1. The fourth-order valence-electron chi connectivity index (χ4n) is 3.09. The largest absolute Gasteiger partial charge is 0.504 e. The second-order valence-corrected chi connectivity index (χ2v) is 8.50. The maximum Gasteiger partial charge on any atom is 0.294 e. The van der Waals surface area contributed by atoms with E-state index in [-0.39, 0.29) is 22.1 Å². The van der Waals surface area contributed by atoms with Crippen molar-refractivity contribution >= 4 is 10.1 Å². The highest BCUT2D eigenvalue weighted by Gasteiger charge is 2.12. The van der Waals surface area contributed by atoms with Crippen LogP contribution in [0, 0.1) is 0 Å². The quantitative estimate of drug-likeness (QED) is 0.328. The Kier molecular flexibility index (Phi) is 8.80. The van der Waals surface area contributed by atoms with Crippen molar-refractivity contribution in [3.63, 3.8) is 0 Å². The first-order chi connectivity index (χ1) is 13.4. The summed E-state index contributed by atoms with van der Waals surface area (Å²) in [6, 6.07) is 10.8. The van der Waals surface area contributed by atoms with E-state index in [9.17, 15) is 13.5 Å². The molecule has 2 aromatic carbocycles. The Bertz CT molecular complexity index is 846. The molecule has 0 radical (unpaired) electrons. The van der Waals surface area contributed by atoms with Gasteiger partial charge in [0.1, 0.15) is 5.75 Å². The van der Waals surface area contributed by atoms with Gasteiger partial charge in [-0.2, -0.15) is 8.42 Å². The lowest BCUT2D eigenvalue weighted by molar-refractivity contribution is 0.409. The van der Waals surface area contributed by atoms with E-state index in [1.807, 2.05) is 6.07 Å². The summed E-state index contributed by atoms with van der Waals surface area (Å²) in [5.41, 5.74) is 1.04. The monoisotopic (exact) mass is 406 g/mol. The van der Waals surface area contributed by atoms with Crippen LogP contribution in [0.4, 0.5) is 0 Å². The molecule has 0 atom stereocenters. The minimum atomic E-state index is -4.30. The van der Waals surface area contributed by atoms with Crippen LogP contribution >= 0.6 is 0 Å². The Morgan fingerprint density at radius 2 is 1.57 bits per heavy atom. The van der Waals surface area contributed by atoms with E-state index in [1.54, 1.807) is 18.2 Å². The number of unbranched alkanes of at least 4 members (excludes halogenated alkanes) is 7. The summed E-state index contributed by atoms with van der Waals surface area (Å²) in [4.78, 5) is -0.254. The predicted octanol–water partition coefficient (Wildman–Crippen LogP) is 6.11. The van der Waals surface area contributed by atoms with Crippen molar-refractivity contribution < 1.29 is 22.8 Å². The second-order valence-electron chi connectivity index (χ2n) is 7.08. The topological polar surface area (TPSA) is 83.8 Å². The highest BCUT2D eigenvalue weighted by atomic mass is 32.2. The zero-order valence-electron chi connectivity index (χ0n) is 16.4. The number of phenolic OH excluding ortho intramolecular Hbond substituents is 1. The molecular weight excluding hydrogens is 376 g/mol. The minimum absolute atomic E-state index is 0.00863. The van der Waals surface area contributed by atoms with Crippen LogP contribution in [0.25, 0.3) is 0 Å². The van der Waals surface area contributed by atoms with Crippen LogP contribution in [0.1, 0.15) is 63.9 Å². The van der Waals surface area contributed by atoms with E-state index >= 15 is 0 Å². The van der Waals surface area contributed by atoms with E-state index < -0.39 is 10.1 Å². The summed E-state index contributed by atoms with van der Waals surface area (Å²) in [6.07, 6.45) is 11.0. The van der Waals surface area contributed by atoms with Gasteiger partial charge >= 0.3 is 0 Å². The number of phenols is 1. The van der Waals surface area contributed by atoms with Crippen LogP contribution in [-0.4, -0.2) is 18.1 Å². The normalized spacial score (nSPS) is 11.5. The lowest BCUT2D eigenvalue weighted by Crippen LogP contribution is -1.98. The number of ether oxygens (including phenoxy) is 1. The minimum Gasteiger partial charge on any atom is -0.504 e. The molecule has 5 nitrogen and oxygen atoms in total. The lowest BCUT2D eigenvalue weighted by atomic mass is 10.0. The van der Waals surface area contributed by atoms with Crippen molar-refractivity contribution in [2.75, 3.05) is 0 Å². The average Bonchev–Trinajstić information content (AvgIpc) is 2.65. The third-order valence-electron chi connectivity index (χ3n) is 4.67. The molecule has 0 aliphatic carbocycles. The van der Waals surface area contributed by atoms with Gasteiger partial charge in [-0.3, -0.25) is 4.55 Å². The van der Waals surface area contributed by atoms with Gasteiger partial charge in [0.2, 0.25) is 0 Å². The van der Waals surface area contributed by atoms with Gasteiger partial charge in [-0.25, -0.2) is 0 Å². The van der Waals surface area contributed by atoms with Crippen molar-refractivity contribution in [3.8, 4) is 17.2 Å². The zero-order valence-corrected chi connectivity index (χ0v) is 17.2. The summed E-state index contributed by atoms with van der Waals surface area (Å²) in [5, 5.41) is 10.2. The SMILES string of the molecule is CCCCCCCCCCc1ccc(Oc2cccc(S(=O)(=O)O)c2)c(O)c1. The van der Waals surface area contributed by atoms with Crippen molar-refractivity contribution in [2.24, 2.45) is 0 Å². The van der Waals surface area contributed by atoms with Gasteiger partial charge in [0.15, 0.2) is 11.5 Å². The molecule has 28 heavy (non-hydrogen) atoms. The molecule has 0 aliphatic heterocycles. The smallest absolute Gasteiger partial charge is 0.294 e. The summed E-state index contributed by atoms with van der Waals surface area (Å²) in [7, 11) is -4.30. The number of rotatable bonds is 12. The standard InChI is InChI=1S/C22H30O5S/c1-2-3-4-5-6-7-8-9-11-18-14-15-22(21(23)16-18)27-19-12-10-13-20(17-19)28(24,25)26/h10,12-17,23H,2-9,11H2,1H3,(H,24,25,26). The molecule has 0 heterocycles. The molecule has 0 saturated heterocycles. The lowest BCUT2D eigenvalue weighted by Gasteiger charge is -2.10. The van der Waals surface area contributed by atoms with Crippen molar-refractivity contribution in [2.45, 2.75) is 69.6 Å².